The first-order valence-corrected chi connectivity index (χ1v) is 16.7. The third-order valence-electron chi connectivity index (χ3n) is 7.64. The lowest BCUT2D eigenvalue weighted by atomic mass is 9.96. The number of carbonyl (C=O) groups is 4. The number of benzene rings is 3. The van der Waals surface area contributed by atoms with E-state index in [2.05, 4.69) is 10.6 Å². The van der Waals surface area contributed by atoms with E-state index in [1.807, 2.05) is 67.6 Å². The molecule has 0 aliphatic carbocycles. The molecule has 3 rings (SSSR count). The Morgan fingerprint density at radius 2 is 1.20 bits per heavy atom. The van der Waals surface area contributed by atoms with E-state index in [4.69, 9.17) is 9.47 Å². The molecular weight excluding hydrogens is 622 g/mol. The van der Waals surface area contributed by atoms with Crippen molar-refractivity contribution in [1.82, 2.24) is 15.5 Å². The number of amides is 3. The van der Waals surface area contributed by atoms with Gasteiger partial charge in [-0.3, -0.25) is 9.59 Å². The number of nitrogens with zero attached hydrogens (tertiary/aromatic N) is 1. The summed E-state index contributed by atoms with van der Waals surface area (Å²) in [7, 11) is 0. The summed E-state index contributed by atoms with van der Waals surface area (Å²) in [5.41, 5.74) is 0.0700. The van der Waals surface area contributed by atoms with E-state index < -0.39 is 59.2 Å². The Kier molecular flexibility index (Phi) is 13.4. The maximum atomic E-state index is 14.8. The number of hydrogen-bond donors (Lipinski definition) is 3. The van der Waals surface area contributed by atoms with E-state index in [1.54, 1.807) is 66.7 Å². The van der Waals surface area contributed by atoms with Gasteiger partial charge in [0.2, 0.25) is 11.8 Å². The summed E-state index contributed by atoms with van der Waals surface area (Å²) in [5.74, 6) is -2.11. The van der Waals surface area contributed by atoms with Crippen LogP contribution in [0.3, 0.4) is 0 Å². The van der Waals surface area contributed by atoms with Crippen LogP contribution in [0.4, 0.5) is 4.79 Å². The normalized spacial score (nSPS) is 14.0. The zero-order valence-corrected chi connectivity index (χ0v) is 29.9. The SMILES string of the molecule is CCC(C)N(C(=O)C(Cc1ccccc1)NC(=O)OC(C)(C)C)C(C(=O)NC(Cc1ccccc1)C(=O)OC(C)(C)C)c1ccccc1O. The molecule has 4 atom stereocenters. The van der Waals surface area contributed by atoms with Crippen molar-refractivity contribution in [3.63, 3.8) is 0 Å². The highest BCUT2D eigenvalue weighted by molar-refractivity contribution is 5.94. The zero-order chi connectivity index (χ0) is 36.4. The molecule has 49 heavy (non-hydrogen) atoms. The first kappa shape index (κ1) is 38.6. The molecular formula is C39H51N3O7. The third-order valence-corrected chi connectivity index (χ3v) is 7.64. The van der Waals surface area contributed by atoms with Crippen molar-refractivity contribution in [2.24, 2.45) is 0 Å². The Morgan fingerprint density at radius 1 is 0.714 bits per heavy atom. The van der Waals surface area contributed by atoms with E-state index in [0.717, 1.165) is 11.1 Å². The van der Waals surface area contributed by atoms with Gasteiger partial charge in [0.25, 0.3) is 0 Å². The number of para-hydroxylation sites is 1. The Balaban J connectivity index is 2.12. The standard InChI is InChI=1S/C39H51N3O7/c1-9-26(2)42(35(45)30(24-27-18-12-10-13-19-27)41-37(47)49-39(6,7)8)33(29-22-16-17-23-32(29)43)34(44)40-31(36(46)48-38(3,4)5)25-28-20-14-11-15-21-28/h10-23,26,30-31,33,43H,9,24-25H2,1-8H3,(H,40,44)(H,41,47). The number of hydrogen-bond acceptors (Lipinski definition) is 7. The summed E-state index contributed by atoms with van der Waals surface area (Å²) in [5, 5.41) is 16.7. The molecule has 0 fully saturated rings. The molecule has 0 bridgehead atoms. The predicted octanol–water partition coefficient (Wildman–Crippen LogP) is 6.27. The number of carbonyl (C=O) groups excluding carboxylic acids is 4. The van der Waals surface area contributed by atoms with Crippen molar-refractivity contribution in [1.29, 1.82) is 0 Å². The van der Waals surface area contributed by atoms with Crippen LogP contribution < -0.4 is 10.6 Å². The van der Waals surface area contributed by atoms with E-state index in [-0.39, 0.29) is 24.2 Å². The summed E-state index contributed by atoms with van der Waals surface area (Å²) in [6, 6.07) is 20.5. The molecule has 0 saturated heterocycles. The molecule has 3 aromatic rings. The molecule has 0 aliphatic heterocycles. The lowest BCUT2D eigenvalue weighted by molar-refractivity contribution is -0.159. The summed E-state index contributed by atoms with van der Waals surface area (Å²) >= 11 is 0. The second-order valence-electron chi connectivity index (χ2n) is 14.1. The van der Waals surface area contributed by atoms with Gasteiger partial charge in [0.1, 0.15) is 35.1 Å². The molecule has 264 valence electrons. The molecule has 3 amide bonds. The third kappa shape index (κ3) is 12.0. The Hall–Kier alpha value is -4.86. The highest BCUT2D eigenvalue weighted by atomic mass is 16.6. The smallest absolute Gasteiger partial charge is 0.408 e. The number of phenols is 1. The Labute approximate surface area is 290 Å². The van der Waals surface area contributed by atoms with Crippen LogP contribution in [0.1, 0.15) is 84.5 Å². The van der Waals surface area contributed by atoms with Crippen molar-refractivity contribution in [3.8, 4) is 5.75 Å². The number of aromatic hydroxyl groups is 1. The molecule has 0 aliphatic rings. The Bertz CT molecular complexity index is 1550. The molecule has 0 radical (unpaired) electrons. The van der Waals surface area contributed by atoms with E-state index in [1.165, 1.54) is 11.0 Å². The average molecular weight is 674 g/mol. The number of alkyl carbamates (subject to hydrolysis) is 1. The fourth-order valence-corrected chi connectivity index (χ4v) is 5.28. The quantitative estimate of drug-likeness (QED) is 0.182. The molecule has 0 aromatic heterocycles. The number of phenolic OH excluding ortho intramolecular Hbond substituents is 1. The lowest BCUT2D eigenvalue weighted by Crippen LogP contribution is -2.57. The van der Waals surface area contributed by atoms with Crippen LogP contribution >= 0.6 is 0 Å². The van der Waals surface area contributed by atoms with Gasteiger partial charge in [-0.05, 0) is 72.1 Å². The molecule has 0 spiro atoms. The van der Waals surface area contributed by atoms with E-state index in [9.17, 15) is 24.3 Å². The molecule has 3 N–H and O–H groups in total. The molecule has 4 unspecified atom stereocenters. The fraction of sp³-hybridized carbons (Fsp3) is 0.436. The maximum absolute atomic E-state index is 14.8. The monoisotopic (exact) mass is 673 g/mol. The molecule has 0 heterocycles. The molecule has 0 saturated carbocycles. The number of rotatable bonds is 13. The second-order valence-corrected chi connectivity index (χ2v) is 14.1. The van der Waals surface area contributed by atoms with Gasteiger partial charge in [-0.2, -0.15) is 0 Å². The Morgan fingerprint density at radius 3 is 1.69 bits per heavy atom. The van der Waals surface area contributed by atoms with Crippen molar-refractivity contribution in [2.75, 3.05) is 0 Å². The summed E-state index contributed by atoms with van der Waals surface area (Å²) in [4.78, 5) is 57.4. The number of esters is 1. The van der Waals surface area contributed by atoms with Crippen LogP contribution in [-0.4, -0.2) is 63.2 Å². The van der Waals surface area contributed by atoms with Gasteiger partial charge in [-0.15, -0.1) is 0 Å². The summed E-state index contributed by atoms with van der Waals surface area (Å²) < 4.78 is 11.2. The van der Waals surface area contributed by atoms with Crippen LogP contribution in [0, 0.1) is 0 Å². The zero-order valence-electron chi connectivity index (χ0n) is 29.9. The maximum Gasteiger partial charge on any atom is 0.408 e. The van der Waals surface area contributed by atoms with Crippen molar-refractivity contribution < 1.29 is 33.8 Å². The molecule has 10 nitrogen and oxygen atoms in total. The number of nitrogens with one attached hydrogen (secondary N) is 2. The number of ether oxygens (including phenoxy) is 2. The fourth-order valence-electron chi connectivity index (χ4n) is 5.28. The van der Waals surface area contributed by atoms with Gasteiger partial charge < -0.3 is 30.1 Å². The van der Waals surface area contributed by atoms with Crippen LogP contribution in [0.15, 0.2) is 84.9 Å². The van der Waals surface area contributed by atoms with Crippen LogP contribution in [0.25, 0.3) is 0 Å². The van der Waals surface area contributed by atoms with E-state index >= 15 is 0 Å². The van der Waals surface area contributed by atoms with Gasteiger partial charge in [-0.25, -0.2) is 9.59 Å². The van der Waals surface area contributed by atoms with Crippen molar-refractivity contribution >= 4 is 23.9 Å². The minimum Gasteiger partial charge on any atom is -0.508 e. The molecule has 10 heteroatoms. The van der Waals surface area contributed by atoms with Gasteiger partial charge in [0.05, 0.1) is 0 Å². The largest absolute Gasteiger partial charge is 0.508 e. The summed E-state index contributed by atoms with van der Waals surface area (Å²) in [6.07, 6.45) is -0.117. The van der Waals surface area contributed by atoms with Crippen LogP contribution in [0.5, 0.6) is 5.75 Å². The topological polar surface area (TPSA) is 134 Å². The average Bonchev–Trinajstić information content (AvgIpc) is 3.02. The minimum atomic E-state index is -1.39. The van der Waals surface area contributed by atoms with Crippen LogP contribution in [-0.2, 0) is 36.7 Å². The van der Waals surface area contributed by atoms with Crippen molar-refractivity contribution in [2.45, 2.75) is 110 Å². The van der Waals surface area contributed by atoms with Crippen LogP contribution in [0.2, 0.25) is 0 Å². The van der Waals surface area contributed by atoms with Gasteiger partial charge in [-0.1, -0.05) is 85.8 Å². The molecule has 3 aromatic carbocycles. The van der Waals surface area contributed by atoms with E-state index in [0.29, 0.717) is 6.42 Å². The first-order valence-electron chi connectivity index (χ1n) is 16.7. The van der Waals surface area contributed by atoms with Gasteiger partial charge in [0, 0.05) is 24.4 Å². The predicted molar refractivity (Wildman–Crippen MR) is 189 cm³/mol. The van der Waals surface area contributed by atoms with Crippen molar-refractivity contribution in [3.05, 3.63) is 102 Å². The van der Waals surface area contributed by atoms with Gasteiger partial charge >= 0.3 is 12.1 Å². The second kappa shape index (κ2) is 17.0. The minimum absolute atomic E-state index is 0.107. The first-order chi connectivity index (χ1) is 23.0. The lowest BCUT2D eigenvalue weighted by Gasteiger charge is -2.39. The summed E-state index contributed by atoms with van der Waals surface area (Å²) in [6.45, 7) is 14.1. The highest BCUT2D eigenvalue weighted by Crippen LogP contribution is 2.32. The van der Waals surface area contributed by atoms with Gasteiger partial charge in [0.15, 0.2) is 0 Å². The highest BCUT2D eigenvalue weighted by Gasteiger charge is 2.41.